The van der Waals surface area contributed by atoms with Gasteiger partial charge in [0.05, 0.1) is 6.54 Å². The van der Waals surface area contributed by atoms with Crippen molar-refractivity contribution in [2.45, 2.75) is 19.3 Å². The van der Waals surface area contributed by atoms with Gasteiger partial charge in [-0.1, -0.05) is 6.07 Å². The van der Waals surface area contributed by atoms with Gasteiger partial charge in [0.15, 0.2) is 6.61 Å². The van der Waals surface area contributed by atoms with E-state index in [1.807, 2.05) is 17.5 Å². The minimum absolute atomic E-state index is 0.119. The standard InChI is InChI=1S/C20H18F3N3O4S2/c21-20(22,23)30-14-5-3-13(4-6-14)29-11-17(27)25-10-18-26-16(12-32-18)19(28)24-8-7-15-2-1-9-31-15/h1-6,9,12H,7-8,10-11H2,(H,24,28)(H,25,27). The van der Waals surface area contributed by atoms with Crippen LogP contribution >= 0.6 is 22.7 Å². The number of halogens is 3. The zero-order valence-corrected chi connectivity index (χ0v) is 18.1. The molecule has 3 rings (SSSR count). The number of ether oxygens (including phenoxy) is 2. The predicted octanol–water partition coefficient (Wildman–Crippen LogP) is 3.77. The van der Waals surface area contributed by atoms with E-state index in [0.29, 0.717) is 11.6 Å². The van der Waals surface area contributed by atoms with Crippen molar-refractivity contribution in [3.63, 3.8) is 0 Å². The fraction of sp³-hybridized carbons (Fsp3) is 0.250. The highest BCUT2D eigenvalue weighted by Gasteiger charge is 2.31. The van der Waals surface area contributed by atoms with Crippen LogP contribution in [0.15, 0.2) is 47.2 Å². The van der Waals surface area contributed by atoms with E-state index < -0.39 is 12.3 Å². The molecule has 0 saturated carbocycles. The Morgan fingerprint density at radius 2 is 1.78 bits per heavy atom. The molecule has 2 aromatic heterocycles. The second-order valence-corrected chi connectivity index (χ2v) is 8.27. The zero-order valence-electron chi connectivity index (χ0n) is 16.5. The summed E-state index contributed by atoms with van der Waals surface area (Å²) in [6.45, 7) is 0.290. The van der Waals surface area contributed by atoms with Crippen LogP contribution in [0.4, 0.5) is 13.2 Å². The first kappa shape index (κ1) is 23.5. The molecule has 0 unspecified atom stereocenters. The van der Waals surface area contributed by atoms with Crippen LogP contribution in [-0.4, -0.2) is 36.3 Å². The monoisotopic (exact) mass is 485 g/mol. The number of nitrogens with one attached hydrogen (secondary N) is 2. The molecule has 0 aliphatic rings. The number of aromatic nitrogens is 1. The molecular weight excluding hydrogens is 467 g/mol. The average Bonchev–Trinajstić information content (AvgIpc) is 3.43. The summed E-state index contributed by atoms with van der Waals surface area (Å²) in [7, 11) is 0. The first-order chi connectivity index (χ1) is 15.3. The Balaban J connectivity index is 1.37. The molecule has 0 spiro atoms. The van der Waals surface area contributed by atoms with Crippen LogP contribution in [0.1, 0.15) is 20.4 Å². The van der Waals surface area contributed by atoms with E-state index in [0.717, 1.165) is 18.6 Å². The maximum Gasteiger partial charge on any atom is 0.573 e. The number of rotatable bonds is 10. The van der Waals surface area contributed by atoms with Gasteiger partial charge in [-0.05, 0) is 42.1 Å². The number of benzene rings is 1. The summed E-state index contributed by atoms with van der Waals surface area (Å²) in [5.74, 6) is -0.899. The van der Waals surface area contributed by atoms with Crippen molar-refractivity contribution >= 4 is 34.5 Å². The number of hydrogen-bond acceptors (Lipinski definition) is 7. The topological polar surface area (TPSA) is 89.6 Å². The highest BCUT2D eigenvalue weighted by atomic mass is 32.1. The van der Waals surface area contributed by atoms with Gasteiger partial charge in [-0.3, -0.25) is 9.59 Å². The fourth-order valence-corrected chi connectivity index (χ4v) is 3.88. The number of carbonyl (C=O) groups excluding carboxylic acids is 2. The maximum atomic E-state index is 12.1. The van der Waals surface area contributed by atoms with Gasteiger partial charge in [0.1, 0.15) is 22.2 Å². The zero-order chi connectivity index (χ0) is 23.0. The number of thiophene rings is 1. The molecule has 170 valence electrons. The van der Waals surface area contributed by atoms with E-state index in [-0.39, 0.29) is 36.3 Å². The molecule has 32 heavy (non-hydrogen) atoms. The highest BCUT2D eigenvalue weighted by molar-refractivity contribution is 7.10. The second-order valence-electron chi connectivity index (χ2n) is 6.30. The Bertz CT molecular complexity index is 1020. The predicted molar refractivity (Wildman–Crippen MR) is 113 cm³/mol. The Morgan fingerprint density at radius 1 is 1.03 bits per heavy atom. The van der Waals surface area contributed by atoms with E-state index in [1.54, 1.807) is 16.7 Å². The molecule has 0 fully saturated rings. The normalized spacial score (nSPS) is 11.1. The lowest BCUT2D eigenvalue weighted by atomic mass is 10.3. The summed E-state index contributed by atoms with van der Waals surface area (Å²) in [6, 6.07) is 8.66. The number of hydrogen-bond donors (Lipinski definition) is 2. The fourth-order valence-electron chi connectivity index (χ4n) is 2.45. The third-order valence-corrected chi connectivity index (χ3v) is 5.67. The van der Waals surface area contributed by atoms with Crippen molar-refractivity contribution in [1.29, 1.82) is 0 Å². The second kappa shape index (κ2) is 11.0. The van der Waals surface area contributed by atoms with Crippen molar-refractivity contribution < 1.29 is 32.2 Å². The van der Waals surface area contributed by atoms with Crippen LogP contribution in [0.3, 0.4) is 0 Å². The van der Waals surface area contributed by atoms with Crippen LogP contribution in [0.2, 0.25) is 0 Å². The van der Waals surface area contributed by atoms with Crippen LogP contribution in [0.5, 0.6) is 11.5 Å². The maximum absolute atomic E-state index is 12.1. The lowest BCUT2D eigenvalue weighted by Crippen LogP contribution is -2.28. The molecular formula is C20H18F3N3O4S2. The van der Waals surface area contributed by atoms with Crippen molar-refractivity contribution in [3.8, 4) is 11.5 Å². The SMILES string of the molecule is O=C(COc1ccc(OC(F)(F)F)cc1)NCc1nc(C(=O)NCCc2cccs2)cs1. The third kappa shape index (κ3) is 7.85. The molecule has 0 atom stereocenters. The number of alkyl halides is 3. The molecule has 3 aromatic rings. The number of nitrogens with zero attached hydrogens (tertiary/aromatic N) is 1. The summed E-state index contributed by atoms with van der Waals surface area (Å²) in [4.78, 5) is 29.5. The summed E-state index contributed by atoms with van der Waals surface area (Å²) in [6.07, 6.45) is -4.03. The smallest absolute Gasteiger partial charge is 0.484 e. The third-order valence-electron chi connectivity index (χ3n) is 3.89. The van der Waals surface area contributed by atoms with Gasteiger partial charge in [-0.15, -0.1) is 35.8 Å². The summed E-state index contributed by atoms with van der Waals surface area (Å²) in [5, 5.41) is 9.55. The van der Waals surface area contributed by atoms with Crippen LogP contribution < -0.4 is 20.1 Å². The molecule has 1 aromatic carbocycles. The highest BCUT2D eigenvalue weighted by Crippen LogP contribution is 2.24. The lowest BCUT2D eigenvalue weighted by molar-refractivity contribution is -0.274. The molecule has 7 nitrogen and oxygen atoms in total. The van der Waals surface area contributed by atoms with E-state index in [4.69, 9.17) is 4.74 Å². The molecule has 0 aliphatic carbocycles. The first-order valence-electron chi connectivity index (χ1n) is 9.29. The Hall–Kier alpha value is -3.12. The summed E-state index contributed by atoms with van der Waals surface area (Å²) < 4.78 is 45.4. The number of thiazole rings is 1. The molecule has 0 radical (unpaired) electrons. The van der Waals surface area contributed by atoms with Gasteiger partial charge in [0.2, 0.25) is 0 Å². The molecule has 2 N–H and O–H groups in total. The molecule has 2 heterocycles. The number of carbonyl (C=O) groups is 2. The van der Waals surface area contributed by atoms with Gasteiger partial charge in [0.25, 0.3) is 11.8 Å². The van der Waals surface area contributed by atoms with E-state index in [9.17, 15) is 22.8 Å². The van der Waals surface area contributed by atoms with Gasteiger partial charge in [-0.25, -0.2) is 4.98 Å². The van der Waals surface area contributed by atoms with Crippen LogP contribution in [-0.2, 0) is 17.8 Å². The molecule has 12 heteroatoms. The first-order valence-corrected chi connectivity index (χ1v) is 11.0. The van der Waals surface area contributed by atoms with Gasteiger partial charge in [-0.2, -0.15) is 0 Å². The van der Waals surface area contributed by atoms with Gasteiger partial charge in [0, 0.05) is 16.8 Å². The van der Waals surface area contributed by atoms with Crippen molar-refractivity contribution in [2.75, 3.05) is 13.2 Å². The average molecular weight is 486 g/mol. The van der Waals surface area contributed by atoms with Gasteiger partial charge >= 0.3 is 6.36 Å². The Labute approximate surface area is 189 Å². The van der Waals surface area contributed by atoms with Crippen molar-refractivity contribution in [2.24, 2.45) is 0 Å². The van der Waals surface area contributed by atoms with E-state index in [1.165, 1.54) is 28.3 Å². The molecule has 0 aliphatic heterocycles. The van der Waals surface area contributed by atoms with Crippen LogP contribution in [0.25, 0.3) is 0 Å². The quantitative estimate of drug-likeness (QED) is 0.456. The number of amides is 2. The minimum Gasteiger partial charge on any atom is -0.484 e. The van der Waals surface area contributed by atoms with E-state index in [2.05, 4.69) is 20.4 Å². The van der Waals surface area contributed by atoms with E-state index >= 15 is 0 Å². The lowest BCUT2D eigenvalue weighted by Gasteiger charge is -2.10. The Kier molecular flexibility index (Phi) is 8.06. The molecule has 2 amide bonds. The van der Waals surface area contributed by atoms with Crippen molar-refractivity contribution in [3.05, 3.63) is 62.7 Å². The Morgan fingerprint density at radius 3 is 2.47 bits per heavy atom. The molecule has 0 bridgehead atoms. The minimum atomic E-state index is -4.78. The summed E-state index contributed by atoms with van der Waals surface area (Å²) >= 11 is 2.87. The van der Waals surface area contributed by atoms with Crippen LogP contribution in [0, 0.1) is 0 Å². The van der Waals surface area contributed by atoms with Crippen molar-refractivity contribution in [1.82, 2.24) is 15.6 Å². The van der Waals surface area contributed by atoms with Gasteiger partial charge < -0.3 is 20.1 Å². The summed E-state index contributed by atoms with van der Waals surface area (Å²) in [5.41, 5.74) is 0.280. The molecule has 0 saturated heterocycles. The largest absolute Gasteiger partial charge is 0.573 e.